The average Bonchev–Trinajstić information content (AvgIpc) is 2.27. The van der Waals surface area contributed by atoms with E-state index in [0.717, 1.165) is 6.42 Å². The van der Waals surface area contributed by atoms with Crippen LogP contribution in [0.3, 0.4) is 0 Å². The van der Waals surface area contributed by atoms with Gasteiger partial charge in [-0.05, 0) is 25.0 Å². The van der Waals surface area contributed by atoms with E-state index >= 15 is 0 Å². The number of hydrogen-bond donors (Lipinski definition) is 0. The number of benzene rings is 1. The smallest absolute Gasteiger partial charge is 0.0483 e. The van der Waals surface area contributed by atoms with Crippen LogP contribution in [0.4, 0.5) is 0 Å². The molecule has 1 radical (unpaired) electrons. The summed E-state index contributed by atoms with van der Waals surface area (Å²) < 4.78 is 0. The van der Waals surface area contributed by atoms with Crippen molar-refractivity contribution in [1.82, 2.24) is 0 Å². The normalized spacial score (nSPS) is 13.3. The van der Waals surface area contributed by atoms with Crippen molar-refractivity contribution in [2.45, 2.75) is 32.1 Å². The second-order valence-electron chi connectivity index (χ2n) is 5.62. The van der Waals surface area contributed by atoms with Crippen LogP contribution in [-0.2, 0) is 0 Å². The molecule has 0 aliphatic carbocycles. The fourth-order valence-electron chi connectivity index (χ4n) is 1.82. The molecule has 0 aromatic heterocycles. The molecule has 91 valence electrons. The largest absolute Gasteiger partial charge is 0.0850 e. The summed E-state index contributed by atoms with van der Waals surface area (Å²) in [5, 5.41) is 0. The van der Waals surface area contributed by atoms with Gasteiger partial charge < -0.3 is 0 Å². The summed E-state index contributed by atoms with van der Waals surface area (Å²) in [4.78, 5) is 0. The molecular weight excluding hydrogens is 220 g/mol. The maximum absolute atomic E-state index is 3.92. The fraction of sp³-hybridized carbons (Fsp3) is 0.312. The van der Waals surface area contributed by atoms with Gasteiger partial charge in [0.15, 0.2) is 0 Å². The van der Waals surface area contributed by atoms with Gasteiger partial charge in [0.05, 0.1) is 0 Å². The first-order valence-electron chi connectivity index (χ1n) is 6.20. The van der Waals surface area contributed by atoms with Gasteiger partial charge in [-0.3, -0.25) is 0 Å². The van der Waals surface area contributed by atoms with Gasteiger partial charge in [-0.15, -0.1) is 0 Å². The summed E-state index contributed by atoms with van der Waals surface area (Å²) in [7, 11) is -1.01. The van der Waals surface area contributed by atoms with Crippen molar-refractivity contribution in [3.8, 4) is 0 Å². The summed E-state index contributed by atoms with van der Waals surface area (Å²) >= 11 is 0. The Morgan fingerprint density at radius 2 is 1.82 bits per heavy atom. The third-order valence-electron chi connectivity index (χ3n) is 2.54. The van der Waals surface area contributed by atoms with Gasteiger partial charge in [-0.1, -0.05) is 73.8 Å². The maximum atomic E-state index is 3.92. The van der Waals surface area contributed by atoms with Crippen molar-refractivity contribution in [2.75, 3.05) is 0 Å². The third-order valence-corrected chi connectivity index (χ3v) is 4.05. The SMILES string of the molecule is [CH2]C=C(CC=Cc1ccccc1)C[Si](C)(C)C. The van der Waals surface area contributed by atoms with Crippen LogP contribution in [0.2, 0.25) is 25.7 Å². The molecule has 1 aromatic carbocycles. The van der Waals surface area contributed by atoms with E-state index < -0.39 is 8.07 Å². The first kappa shape index (κ1) is 14.0. The molecule has 0 aliphatic rings. The average molecular weight is 243 g/mol. The van der Waals surface area contributed by atoms with E-state index in [1.807, 2.05) is 12.1 Å². The quantitative estimate of drug-likeness (QED) is 0.624. The molecule has 0 aliphatic heterocycles. The second kappa shape index (κ2) is 6.60. The van der Waals surface area contributed by atoms with E-state index in [0.29, 0.717) is 0 Å². The summed E-state index contributed by atoms with van der Waals surface area (Å²) in [5.74, 6) is 0. The lowest BCUT2D eigenvalue weighted by molar-refractivity contribution is 1.18. The maximum Gasteiger partial charge on any atom is 0.0483 e. The molecule has 0 spiro atoms. The van der Waals surface area contributed by atoms with Crippen molar-refractivity contribution in [1.29, 1.82) is 0 Å². The van der Waals surface area contributed by atoms with E-state index in [9.17, 15) is 0 Å². The van der Waals surface area contributed by atoms with Crippen molar-refractivity contribution >= 4 is 14.1 Å². The predicted molar refractivity (Wildman–Crippen MR) is 81.7 cm³/mol. The van der Waals surface area contributed by atoms with Crippen molar-refractivity contribution in [2.24, 2.45) is 0 Å². The highest BCUT2D eigenvalue weighted by Gasteiger charge is 2.14. The Labute approximate surface area is 107 Å². The van der Waals surface area contributed by atoms with E-state index in [-0.39, 0.29) is 0 Å². The first-order chi connectivity index (χ1) is 8.01. The summed E-state index contributed by atoms with van der Waals surface area (Å²) in [6, 6.07) is 11.7. The van der Waals surface area contributed by atoms with Crippen molar-refractivity contribution in [3.63, 3.8) is 0 Å². The molecule has 17 heavy (non-hydrogen) atoms. The molecule has 0 saturated heterocycles. The van der Waals surface area contributed by atoms with E-state index in [1.54, 1.807) is 0 Å². The standard InChI is InChI=1S/C16H23Si/c1-5-15(14-17(2,3)4)12-9-13-16-10-7-6-8-11-16/h5-11,13H,1,12,14H2,2-4H3. The van der Waals surface area contributed by atoms with Crippen LogP contribution in [0, 0.1) is 6.92 Å². The Bertz CT molecular complexity index is 380. The summed E-state index contributed by atoms with van der Waals surface area (Å²) in [5.41, 5.74) is 2.74. The van der Waals surface area contributed by atoms with Gasteiger partial charge in [0.2, 0.25) is 0 Å². The Morgan fingerprint density at radius 1 is 1.18 bits per heavy atom. The molecule has 1 aromatic rings. The Kier molecular flexibility index (Phi) is 5.43. The lowest BCUT2D eigenvalue weighted by Gasteiger charge is -2.17. The molecule has 1 rings (SSSR count). The molecule has 0 saturated carbocycles. The highest BCUT2D eigenvalue weighted by molar-refractivity contribution is 6.76. The topological polar surface area (TPSA) is 0 Å². The molecule has 0 unspecified atom stereocenters. The predicted octanol–water partition coefficient (Wildman–Crippen LogP) is 5.19. The lowest BCUT2D eigenvalue weighted by Crippen LogP contribution is -2.19. The molecular formula is C16H23Si. The fourth-order valence-corrected chi connectivity index (χ4v) is 3.47. The summed E-state index contributed by atoms with van der Waals surface area (Å²) in [6.07, 6.45) is 7.50. The van der Waals surface area contributed by atoms with Gasteiger partial charge in [-0.25, -0.2) is 0 Å². The minimum Gasteiger partial charge on any atom is -0.0850 e. The lowest BCUT2D eigenvalue weighted by atomic mass is 10.1. The molecule has 0 heterocycles. The molecule has 0 nitrogen and oxygen atoms in total. The van der Waals surface area contributed by atoms with E-state index in [4.69, 9.17) is 0 Å². The zero-order valence-corrected chi connectivity index (χ0v) is 12.2. The molecule has 1 heteroatoms. The van der Waals surface area contributed by atoms with Gasteiger partial charge >= 0.3 is 0 Å². The Hall–Kier alpha value is -1.08. The van der Waals surface area contributed by atoms with Crippen LogP contribution >= 0.6 is 0 Å². The molecule has 0 N–H and O–H groups in total. The number of allylic oxidation sites excluding steroid dienone is 3. The molecule has 0 bridgehead atoms. The zero-order chi connectivity index (χ0) is 12.7. The Balaban J connectivity index is 2.52. The molecule has 0 amide bonds. The van der Waals surface area contributed by atoms with Gasteiger partial charge in [-0.2, -0.15) is 0 Å². The Morgan fingerprint density at radius 3 is 2.35 bits per heavy atom. The van der Waals surface area contributed by atoms with Crippen molar-refractivity contribution < 1.29 is 0 Å². The second-order valence-corrected chi connectivity index (χ2v) is 11.1. The van der Waals surface area contributed by atoms with Crippen LogP contribution in [0.1, 0.15) is 12.0 Å². The van der Waals surface area contributed by atoms with Gasteiger partial charge in [0.1, 0.15) is 0 Å². The van der Waals surface area contributed by atoms with Crippen LogP contribution in [0.25, 0.3) is 6.08 Å². The highest BCUT2D eigenvalue weighted by Crippen LogP contribution is 2.19. The minimum absolute atomic E-state index is 1.01. The van der Waals surface area contributed by atoms with Gasteiger partial charge in [0, 0.05) is 8.07 Å². The third kappa shape index (κ3) is 6.27. The van der Waals surface area contributed by atoms with Crippen LogP contribution in [-0.4, -0.2) is 8.07 Å². The van der Waals surface area contributed by atoms with Gasteiger partial charge in [0.25, 0.3) is 0 Å². The van der Waals surface area contributed by atoms with Crippen LogP contribution in [0.5, 0.6) is 0 Å². The summed E-state index contributed by atoms with van der Waals surface area (Å²) in [6.45, 7) is 11.1. The number of rotatable bonds is 5. The van der Waals surface area contributed by atoms with Crippen LogP contribution in [0.15, 0.2) is 48.1 Å². The minimum atomic E-state index is -1.01. The zero-order valence-electron chi connectivity index (χ0n) is 11.2. The molecule has 0 atom stereocenters. The van der Waals surface area contributed by atoms with Crippen LogP contribution < -0.4 is 0 Å². The van der Waals surface area contributed by atoms with E-state index in [2.05, 4.69) is 63.0 Å². The first-order valence-corrected chi connectivity index (χ1v) is 9.91. The number of hydrogen-bond acceptors (Lipinski definition) is 0. The monoisotopic (exact) mass is 243 g/mol. The van der Waals surface area contributed by atoms with E-state index in [1.165, 1.54) is 17.2 Å². The molecule has 0 fully saturated rings. The highest BCUT2D eigenvalue weighted by atomic mass is 28.3. The van der Waals surface area contributed by atoms with Crippen molar-refractivity contribution in [3.05, 3.63) is 60.5 Å².